The van der Waals surface area contributed by atoms with Gasteiger partial charge in [0.2, 0.25) is 0 Å². The van der Waals surface area contributed by atoms with Crippen molar-refractivity contribution in [2.75, 3.05) is 52.9 Å². The third kappa shape index (κ3) is 6.59. The van der Waals surface area contributed by atoms with Crippen LogP contribution in [-0.4, -0.2) is 77.7 Å². The molecule has 1 aliphatic heterocycles. The zero-order valence-corrected chi connectivity index (χ0v) is 13.2. The lowest BCUT2D eigenvalue weighted by Gasteiger charge is -2.28. The van der Waals surface area contributed by atoms with Crippen LogP contribution in [0.4, 0.5) is 0 Å². The van der Waals surface area contributed by atoms with Crippen LogP contribution in [0.3, 0.4) is 0 Å². The van der Waals surface area contributed by atoms with Gasteiger partial charge in [0.25, 0.3) is 0 Å². The van der Waals surface area contributed by atoms with Gasteiger partial charge in [0.05, 0.1) is 52.9 Å². The lowest BCUT2D eigenvalue weighted by Crippen LogP contribution is -2.47. The van der Waals surface area contributed by atoms with Crippen LogP contribution in [-0.2, 0) is 23.1 Å². The van der Waals surface area contributed by atoms with Gasteiger partial charge in [-0.05, 0) is 0 Å². The predicted octanol–water partition coefficient (Wildman–Crippen LogP) is -0.215. The molecule has 0 atom stereocenters. The summed E-state index contributed by atoms with van der Waals surface area (Å²) < 4.78 is 27.2. The predicted molar refractivity (Wildman–Crippen MR) is 73.4 cm³/mol. The van der Waals surface area contributed by atoms with Crippen molar-refractivity contribution in [2.24, 2.45) is 0 Å². The van der Waals surface area contributed by atoms with Gasteiger partial charge in [-0.25, -0.2) is 0 Å². The SMILES string of the molecule is CC(C)[Si]1(O)OCCOCC(OCCO)COCCO1. The lowest BCUT2D eigenvalue weighted by molar-refractivity contribution is -0.0812. The fourth-order valence-electron chi connectivity index (χ4n) is 1.66. The number of aliphatic hydroxyl groups excluding tert-OH is 1. The summed E-state index contributed by atoms with van der Waals surface area (Å²) in [5.74, 6) is 0. The molecule has 20 heavy (non-hydrogen) atoms. The Balaban J connectivity index is 2.42. The highest BCUT2D eigenvalue weighted by atomic mass is 28.4. The van der Waals surface area contributed by atoms with Crippen LogP contribution in [0.25, 0.3) is 0 Å². The molecule has 0 amide bonds. The van der Waals surface area contributed by atoms with Gasteiger partial charge in [-0.15, -0.1) is 0 Å². The normalized spacial score (nSPS) is 30.8. The number of ether oxygens (including phenoxy) is 3. The Bertz CT molecular complexity index is 238. The molecule has 1 saturated heterocycles. The molecule has 0 spiro atoms. The minimum Gasteiger partial charge on any atom is -0.394 e. The van der Waals surface area contributed by atoms with Crippen molar-refractivity contribution in [1.82, 2.24) is 0 Å². The molecule has 0 bridgehead atoms. The second-order valence-corrected chi connectivity index (χ2v) is 7.84. The Kier molecular flexibility index (Phi) is 8.81. The summed E-state index contributed by atoms with van der Waals surface area (Å²) in [6, 6.07) is 0. The first-order valence-corrected chi connectivity index (χ1v) is 8.81. The summed E-state index contributed by atoms with van der Waals surface area (Å²) in [5.41, 5.74) is -0.0638. The molecule has 1 rings (SSSR count). The number of rotatable bonds is 4. The lowest BCUT2D eigenvalue weighted by atomic mass is 10.4. The first-order chi connectivity index (χ1) is 9.58. The molecular weight excluding hydrogens is 284 g/mol. The van der Waals surface area contributed by atoms with Crippen LogP contribution in [0.2, 0.25) is 5.54 Å². The first-order valence-electron chi connectivity index (χ1n) is 6.96. The van der Waals surface area contributed by atoms with Crippen molar-refractivity contribution in [2.45, 2.75) is 25.5 Å². The van der Waals surface area contributed by atoms with Gasteiger partial charge < -0.3 is 33.0 Å². The van der Waals surface area contributed by atoms with Crippen LogP contribution in [0.15, 0.2) is 0 Å². The van der Waals surface area contributed by atoms with Crippen LogP contribution in [0.1, 0.15) is 13.8 Å². The van der Waals surface area contributed by atoms with Crippen molar-refractivity contribution in [3.8, 4) is 0 Å². The van der Waals surface area contributed by atoms with Crippen LogP contribution in [0.5, 0.6) is 0 Å². The van der Waals surface area contributed by atoms with E-state index in [-0.39, 0.29) is 38.1 Å². The summed E-state index contributed by atoms with van der Waals surface area (Å²) in [6.07, 6.45) is -0.220. The second kappa shape index (κ2) is 9.80. The van der Waals surface area contributed by atoms with Crippen molar-refractivity contribution >= 4 is 8.80 Å². The van der Waals surface area contributed by atoms with Gasteiger partial charge in [-0.1, -0.05) is 13.8 Å². The largest absolute Gasteiger partial charge is 0.501 e. The van der Waals surface area contributed by atoms with Crippen molar-refractivity contribution in [1.29, 1.82) is 0 Å². The topological polar surface area (TPSA) is 86.6 Å². The number of aliphatic hydroxyl groups is 1. The maximum absolute atomic E-state index is 10.3. The molecule has 120 valence electrons. The molecule has 0 aliphatic carbocycles. The molecule has 8 heteroatoms. The van der Waals surface area contributed by atoms with E-state index >= 15 is 0 Å². The monoisotopic (exact) mass is 310 g/mol. The Labute approximate surface area is 121 Å². The highest BCUT2D eigenvalue weighted by Crippen LogP contribution is 2.20. The van der Waals surface area contributed by atoms with E-state index in [0.29, 0.717) is 26.4 Å². The first kappa shape index (κ1) is 18.0. The summed E-state index contributed by atoms with van der Waals surface area (Å²) in [4.78, 5) is 10.3. The minimum absolute atomic E-state index is 0.0320. The molecular formula is C12H26O7Si. The number of hydrogen-bond acceptors (Lipinski definition) is 7. The molecule has 0 saturated carbocycles. The maximum Gasteiger partial charge on any atom is 0.501 e. The number of hydrogen-bond donors (Lipinski definition) is 2. The fourth-order valence-corrected chi connectivity index (χ4v) is 3.16. The average molecular weight is 310 g/mol. The van der Waals surface area contributed by atoms with Gasteiger partial charge in [-0.3, -0.25) is 0 Å². The third-order valence-electron chi connectivity index (χ3n) is 2.86. The van der Waals surface area contributed by atoms with E-state index in [1.165, 1.54) is 0 Å². The van der Waals surface area contributed by atoms with Gasteiger partial charge in [0.1, 0.15) is 6.10 Å². The molecule has 0 radical (unpaired) electrons. The van der Waals surface area contributed by atoms with E-state index in [9.17, 15) is 4.80 Å². The Morgan fingerprint density at radius 2 is 1.65 bits per heavy atom. The van der Waals surface area contributed by atoms with Gasteiger partial charge in [0.15, 0.2) is 0 Å². The van der Waals surface area contributed by atoms with E-state index in [0.717, 1.165) is 0 Å². The molecule has 1 heterocycles. The summed E-state index contributed by atoms with van der Waals surface area (Å²) in [6.45, 7) is 5.98. The van der Waals surface area contributed by atoms with Gasteiger partial charge >= 0.3 is 8.80 Å². The van der Waals surface area contributed by atoms with Gasteiger partial charge in [-0.2, -0.15) is 0 Å². The Morgan fingerprint density at radius 3 is 2.10 bits per heavy atom. The highest BCUT2D eigenvalue weighted by Gasteiger charge is 2.41. The van der Waals surface area contributed by atoms with E-state index < -0.39 is 8.80 Å². The highest BCUT2D eigenvalue weighted by molar-refractivity contribution is 6.60. The Hall–Kier alpha value is -0.0631. The maximum atomic E-state index is 10.3. The molecule has 2 N–H and O–H groups in total. The minimum atomic E-state index is -3.15. The average Bonchev–Trinajstić information content (AvgIpc) is 2.41. The molecule has 0 aromatic heterocycles. The molecule has 0 aromatic rings. The fraction of sp³-hybridized carbons (Fsp3) is 1.00. The van der Waals surface area contributed by atoms with E-state index in [4.69, 9.17) is 28.2 Å². The van der Waals surface area contributed by atoms with Crippen molar-refractivity contribution in [3.05, 3.63) is 0 Å². The van der Waals surface area contributed by atoms with E-state index in [2.05, 4.69) is 0 Å². The van der Waals surface area contributed by atoms with Crippen molar-refractivity contribution in [3.63, 3.8) is 0 Å². The summed E-state index contributed by atoms with van der Waals surface area (Å²) >= 11 is 0. The van der Waals surface area contributed by atoms with E-state index in [1.54, 1.807) is 0 Å². The quantitative estimate of drug-likeness (QED) is 0.695. The van der Waals surface area contributed by atoms with E-state index in [1.807, 2.05) is 13.8 Å². The van der Waals surface area contributed by atoms with Crippen LogP contribution in [0, 0.1) is 0 Å². The van der Waals surface area contributed by atoms with Crippen LogP contribution >= 0.6 is 0 Å². The zero-order chi connectivity index (χ0) is 14.8. The molecule has 0 unspecified atom stereocenters. The smallest absolute Gasteiger partial charge is 0.394 e. The van der Waals surface area contributed by atoms with Gasteiger partial charge in [0, 0.05) is 5.54 Å². The third-order valence-corrected chi connectivity index (χ3v) is 5.55. The molecule has 0 aromatic carbocycles. The zero-order valence-electron chi connectivity index (χ0n) is 12.2. The molecule has 1 aliphatic rings. The standard InChI is InChI=1S/C12H26O7Si/c1-11(2)20(14)18-7-5-15-9-12(17-4-3-13)10-16-6-8-19-20/h11-14H,3-10H2,1-2H3. The molecule has 1 fully saturated rings. The molecule has 7 nitrogen and oxygen atoms in total. The summed E-state index contributed by atoms with van der Waals surface area (Å²) in [7, 11) is -3.15. The Morgan fingerprint density at radius 1 is 1.10 bits per heavy atom. The van der Waals surface area contributed by atoms with Crippen molar-refractivity contribution < 1.29 is 33.0 Å². The second-order valence-electron chi connectivity index (χ2n) is 4.85. The van der Waals surface area contributed by atoms with Crippen LogP contribution < -0.4 is 0 Å². The summed E-state index contributed by atoms with van der Waals surface area (Å²) in [5, 5.41) is 8.75.